The molecule has 1 rings (SSSR count). The summed E-state index contributed by atoms with van der Waals surface area (Å²) in [6, 6.07) is 0. The van der Waals surface area contributed by atoms with E-state index in [1.165, 1.54) is 347 Å². The molecule has 67 heavy (non-hydrogen) atoms. The Morgan fingerprint density at radius 2 is 0.373 bits per heavy atom. The van der Waals surface area contributed by atoms with E-state index in [1.54, 1.807) is 0 Å². The van der Waals surface area contributed by atoms with Crippen LogP contribution in [0.4, 0.5) is 0 Å². The monoisotopic (exact) mass is 956 g/mol. The highest BCUT2D eigenvalue weighted by Crippen LogP contribution is 2.30. The van der Waals surface area contributed by atoms with Crippen molar-refractivity contribution < 1.29 is 17.0 Å². The number of hydrogen-bond acceptors (Lipinski definition) is 0. The summed E-state index contributed by atoms with van der Waals surface area (Å²) in [4.78, 5) is 0. The third-order valence-electron chi connectivity index (χ3n) is 15.7. The van der Waals surface area contributed by atoms with Gasteiger partial charge in [0.2, 0.25) is 0 Å². The molecule has 0 aromatic carbocycles. The summed E-state index contributed by atoms with van der Waals surface area (Å²) in [6.07, 6.45) is 75.3. The Labute approximate surface area is 431 Å². The third-order valence-corrected chi connectivity index (χ3v) is 15.7. The number of nitrogens with zero attached hydrogens (tertiary/aromatic N) is 1. The smallest absolute Gasteiger partial charge is 0.185 e. The van der Waals surface area contributed by atoms with E-state index in [9.17, 15) is 0 Å². The molecule has 1 aromatic heterocycles. The number of pyridine rings is 1. The predicted molar refractivity (Wildman–Crippen MR) is 301 cm³/mol. The lowest BCUT2D eigenvalue weighted by Gasteiger charge is -2.23. The first-order chi connectivity index (χ1) is 32.7. The van der Waals surface area contributed by atoms with Gasteiger partial charge in [0.05, 0.1) is 0 Å². The minimum atomic E-state index is 0. The first-order valence-electron chi connectivity index (χ1n) is 31.8. The molecule has 0 radical (unpaired) electrons. The van der Waals surface area contributed by atoms with Crippen LogP contribution < -0.4 is 17.0 Å². The van der Waals surface area contributed by atoms with Crippen molar-refractivity contribution in [2.75, 3.05) is 0 Å². The molecule has 0 saturated heterocycles. The molecule has 1 heterocycles. The summed E-state index contributed by atoms with van der Waals surface area (Å²) in [7, 11) is 0. The molecule has 0 unspecified atom stereocenters. The second-order valence-electron chi connectivity index (χ2n) is 22.1. The maximum atomic E-state index is 3.12. The highest BCUT2D eigenvalue weighted by molar-refractivity contribution is 5.39. The van der Waals surface area contributed by atoms with Crippen LogP contribution >= 0.6 is 0 Å². The molecule has 0 aliphatic carbocycles. The van der Waals surface area contributed by atoms with Crippen molar-refractivity contribution in [3.63, 3.8) is 0 Å². The summed E-state index contributed by atoms with van der Waals surface area (Å²) in [6.45, 7) is 15.5. The molecule has 0 N–H and O–H groups in total. The molecular weight excluding hydrogens is 830 g/mol. The first kappa shape index (κ1) is 66.4. The fourth-order valence-corrected chi connectivity index (χ4v) is 11.3. The van der Waals surface area contributed by atoms with Gasteiger partial charge in [-0.05, 0) is 63.4 Å². The van der Waals surface area contributed by atoms with Gasteiger partial charge in [0.25, 0.3) is 0 Å². The van der Waals surface area contributed by atoms with Crippen molar-refractivity contribution in [1.29, 1.82) is 0 Å². The van der Waals surface area contributed by atoms with Gasteiger partial charge in [-0.1, -0.05) is 305 Å². The molecular formula is C65H126ClN. The van der Waals surface area contributed by atoms with E-state index >= 15 is 0 Å². The van der Waals surface area contributed by atoms with Gasteiger partial charge in [0.1, 0.15) is 6.54 Å². The maximum absolute atomic E-state index is 3.12. The first-order valence-corrected chi connectivity index (χ1v) is 31.8. The van der Waals surface area contributed by atoms with Crippen LogP contribution in [0.3, 0.4) is 0 Å². The van der Waals surface area contributed by atoms with E-state index in [0.29, 0.717) is 0 Å². The van der Waals surface area contributed by atoms with Crippen molar-refractivity contribution in [3.05, 3.63) is 28.1 Å². The van der Waals surface area contributed by atoms with Crippen LogP contribution in [-0.2, 0) is 38.6 Å². The molecule has 0 bridgehead atoms. The third kappa shape index (κ3) is 37.8. The zero-order valence-electron chi connectivity index (χ0n) is 47.5. The average Bonchev–Trinajstić information content (AvgIpc) is 3.32. The Morgan fingerprint density at radius 1 is 0.194 bits per heavy atom. The van der Waals surface area contributed by atoms with E-state index in [2.05, 4.69) is 46.1 Å². The predicted octanol–water partition coefficient (Wildman–Crippen LogP) is 19.5. The SMILES string of the molecule is CCCCCCCCCCc1c(CCCCCCCCCC)c(CCCCCCCCCC)[n+](CCCCCCCCCC)c(CCCCCCCCCC)c1CCCCCCCCCC.[Cl-]. The zero-order chi connectivity index (χ0) is 47.6. The molecule has 0 fully saturated rings. The largest absolute Gasteiger partial charge is 1.00 e. The van der Waals surface area contributed by atoms with Gasteiger partial charge in [0, 0.05) is 30.4 Å². The Balaban J connectivity index is 0.0000436. The van der Waals surface area contributed by atoms with Crippen molar-refractivity contribution in [1.82, 2.24) is 0 Å². The van der Waals surface area contributed by atoms with E-state index in [0.717, 1.165) is 0 Å². The molecule has 2 heteroatoms. The topological polar surface area (TPSA) is 3.88 Å². The summed E-state index contributed by atoms with van der Waals surface area (Å²) in [5.74, 6) is 0. The fourth-order valence-electron chi connectivity index (χ4n) is 11.3. The molecule has 0 spiro atoms. The quantitative estimate of drug-likeness (QED) is 0.0453. The standard InChI is InChI=1S/C65H126N.ClH/c1-7-13-19-25-31-37-43-49-55-61-62(56-50-44-38-32-26-20-14-8-2)64(58-52-46-40-34-28-22-16-10-4)66(60-54-48-42-36-30-24-18-12-6)65(59-53-47-41-35-29-23-17-11-5)63(61)57-51-45-39-33-27-21-15-9-3;/h7-60H2,1-6H3;1H/q+1;/p-1. The van der Waals surface area contributed by atoms with Crippen molar-refractivity contribution in [2.24, 2.45) is 0 Å². The van der Waals surface area contributed by atoms with Gasteiger partial charge in [-0.15, -0.1) is 0 Å². The number of aromatic nitrogens is 1. The Hall–Kier alpha value is -0.560. The number of hydrogen-bond donors (Lipinski definition) is 0. The normalized spacial score (nSPS) is 11.6. The van der Waals surface area contributed by atoms with Crippen molar-refractivity contribution in [2.45, 2.75) is 388 Å². The van der Waals surface area contributed by atoms with Crippen LogP contribution in [0.1, 0.15) is 378 Å². The van der Waals surface area contributed by atoms with Gasteiger partial charge >= 0.3 is 0 Å². The number of rotatable bonds is 54. The summed E-state index contributed by atoms with van der Waals surface area (Å²) in [5, 5.41) is 0. The summed E-state index contributed by atoms with van der Waals surface area (Å²) >= 11 is 0. The maximum Gasteiger partial charge on any atom is 0.185 e. The number of unbranched alkanes of at least 4 members (excludes halogenated alkanes) is 42. The Bertz CT molecular complexity index is 880. The summed E-state index contributed by atoms with van der Waals surface area (Å²) < 4.78 is 3.12. The van der Waals surface area contributed by atoms with Crippen molar-refractivity contribution in [3.8, 4) is 0 Å². The average molecular weight is 957 g/mol. The van der Waals surface area contributed by atoms with Crippen LogP contribution in [0.2, 0.25) is 0 Å². The lowest BCUT2D eigenvalue weighted by atomic mass is 9.85. The van der Waals surface area contributed by atoms with E-state index < -0.39 is 0 Å². The van der Waals surface area contributed by atoms with Gasteiger partial charge in [-0.3, -0.25) is 0 Å². The Morgan fingerprint density at radius 3 is 0.612 bits per heavy atom. The van der Waals surface area contributed by atoms with Gasteiger partial charge in [-0.25, -0.2) is 0 Å². The van der Waals surface area contributed by atoms with Crippen LogP contribution in [0.25, 0.3) is 0 Å². The molecule has 1 nitrogen and oxygen atoms in total. The Kier molecular flexibility index (Phi) is 52.8. The molecule has 0 atom stereocenters. The molecule has 0 saturated carbocycles. The lowest BCUT2D eigenvalue weighted by molar-refractivity contribution is -0.712. The van der Waals surface area contributed by atoms with Crippen LogP contribution in [0.5, 0.6) is 0 Å². The second-order valence-corrected chi connectivity index (χ2v) is 22.1. The highest BCUT2D eigenvalue weighted by atomic mass is 35.5. The molecule has 398 valence electrons. The minimum absolute atomic E-state index is 0. The molecule has 0 aliphatic heterocycles. The lowest BCUT2D eigenvalue weighted by Crippen LogP contribution is -3.00. The van der Waals surface area contributed by atoms with Gasteiger partial charge < -0.3 is 12.4 Å². The van der Waals surface area contributed by atoms with Crippen molar-refractivity contribution >= 4 is 0 Å². The van der Waals surface area contributed by atoms with Crippen LogP contribution in [0, 0.1) is 0 Å². The molecule has 1 aromatic rings. The molecule has 0 amide bonds. The zero-order valence-corrected chi connectivity index (χ0v) is 48.3. The minimum Gasteiger partial charge on any atom is -1.00 e. The van der Waals surface area contributed by atoms with Crippen LogP contribution in [0.15, 0.2) is 0 Å². The second kappa shape index (κ2) is 53.2. The van der Waals surface area contributed by atoms with Gasteiger partial charge in [-0.2, -0.15) is 4.57 Å². The number of halogens is 1. The summed E-state index contributed by atoms with van der Waals surface area (Å²) in [5.41, 5.74) is 9.44. The van der Waals surface area contributed by atoms with Gasteiger partial charge in [0.15, 0.2) is 11.4 Å². The van der Waals surface area contributed by atoms with E-state index in [4.69, 9.17) is 0 Å². The highest BCUT2D eigenvalue weighted by Gasteiger charge is 2.29. The molecule has 0 aliphatic rings. The fraction of sp³-hybridized carbons (Fsp3) is 0.923. The van der Waals surface area contributed by atoms with E-state index in [1.807, 2.05) is 28.1 Å². The van der Waals surface area contributed by atoms with E-state index in [-0.39, 0.29) is 12.4 Å². The van der Waals surface area contributed by atoms with Crippen LogP contribution in [-0.4, -0.2) is 0 Å².